The Hall–Kier alpha value is -1.88. The number of hydrogen-bond acceptors (Lipinski definition) is 5. The third-order valence-corrected chi connectivity index (χ3v) is 2.29. The molecule has 5 nitrogen and oxygen atoms in total. The molecule has 0 fully saturated rings. The Labute approximate surface area is 93.2 Å². The van der Waals surface area contributed by atoms with Gasteiger partial charge in [-0.1, -0.05) is 0 Å². The van der Waals surface area contributed by atoms with Crippen molar-refractivity contribution in [3.8, 4) is 11.6 Å². The molecule has 2 rings (SSSR count). The first kappa shape index (κ1) is 10.6. The Morgan fingerprint density at radius 1 is 1.19 bits per heavy atom. The first-order valence-electron chi connectivity index (χ1n) is 4.87. The number of fused-ring (bicyclic) bond motifs is 1. The molecule has 16 heavy (non-hydrogen) atoms. The summed E-state index contributed by atoms with van der Waals surface area (Å²) < 4.78 is 10.3. The van der Waals surface area contributed by atoms with Gasteiger partial charge in [-0.2, -0.15) is 4.98 Å². The van der Waals surface area contributed by atoms with E-state index < -0.39 is 0 Å². The smallest absolute Gasteiger partial charge is 0.224 e. The van der Waals surface area contributed by atoms with E-state index in [2.05, 4.69) is 9.97 Å². The van der Waals surface area contributed by atoms with Crippen LogP contribution in [0.3, 0.4) is 0 Å². The molecule has 0 spiro atoms. The van der Waals surface area contributed by atoms with Gasteiger partial charge >= 0.3 is 0 Å². The van der Waals surface area contributed by atoms with Gasteiger partial charge in [0.05, 0.1) is 31.7 Å². The van der Waals surface area contributed by atoms with E-state index in [1.54, 1.807) is 14.2 Å². The van der Waals surface area contributed by atoms with Crippen molar-refractivity contribution in [2.45, 2.75) is 6.54 Å². The van der Waals surface area contributed by atoms with Crippen LogP contribution in [0, 0.1) is 0 Å². The van der Waals surface area contributed by atoms with Crippen LogP contribution in [0.5, 0.6) is 11.6 Å². The molecule has 0 atom stereocenters. The van der Waals surface area contributed by atoms with E-state index in [4.69, 9.17) is 15.2 Å². The number of rotatable bonds is 3. The summed E-state index contributed by atoms with van der Waals surface area (Å²) in [5.74, 6) is 1.83. The first-order valence-corrected chi connectivity index (χ1v) is 4.87. The lowest BCUT2D eigenvalue weighted by Gasteiger charge is -2.07. The van der Waals surface area contributed by atoms with Crippen molar-refractivity contribution in [1.82, 2.24) is 9.97 Å². The Balaban J connectivity index is 2.69. The Bertz CT molecular complexity index is 514. The van der Waals surface area contributed by atoms with Crippen LogP contribution in [0.1, 0.15) is 5.82 Å². The highest BCUT2D eigenvalue weighted by molar-refractivity contribution is 5.84. The second-order valence-corrected chi connectivity index (χ2v) is 3.24. The lowest BCUT2D eigenvalue weighted by atomic mass is 10.2. The summed E-state index contributed by atoms with van der Waals surface area (Å²) in [6.45, 7) is 0.290. The minimum atomic E-state index is 0.290. The molecule has 1 aromatic heterocycles. The van der Waals surface area contributed by atoms with E-state index in [1.807, 2.05) is 18.2 Å². The minimum absolute atomic E-state index is 0.290. The molecule has 1 heterocycles. The van der Waals surface area contributed by atoms with Gasteiger partial charge in [-0.25, -0.2) is 4.98 Å². The molecular formula is C11H13N3O2. The molecule has 2 N–H and O–H groups in total. The fraction of sp³-hybridized carbons (Fsp3) is 0.273. The van der Waals surface area contributed by atoms with Crippen LogP contribution in [0.2, 0.25) is 0 Å². The van der Waals surface area contributed by atoms with E-state index in [9.17, 15) is 0 Å². The first-order chi connectivity index (χ1) is 7.78. The summed E-state index contributed by atoms with van der Waals surface area (Å²) in [5, 5.41) is 0.819. The van der Waals surface area contributed by atoms with Crippen molar-refractivity contribution < 1.29 is 9.47 Å². The molecule has 0 aliphatic heterocycles. The van der Waals surface area contributed by atoms with Crippen LogP contribution in [0.15, 0.2) is 18.2 Å². The van der Waals surface area contributed by atoms with Crippen LogP contribution in [-0.4, -0.2) is 24.2 Å². The molecule has 1 aromatic carbocycles. The monoisotopic (exact) mass is 219 g/mol. The topological polar surface area (TPSA) is 70.3 Å². The average molecular weight is 219 g/mol. The molecule has 0 saturated carbocycles. The van der Waals surface area contributed by atoms with Gasteiger partial charge in [-0.3, -0.25) is 0 Å². The molecule has 0 unspecified atom stereocenters. The number of ether oxygens (including phenoxy) is 2. The van der Waals surface area contributed by atoms with E-state index in [0.717, 1.165) is 16.7 Å². The third kappa shape index (κ3) is 1.77. The molecule has 84 valence electrons. The molecule has 0 radical (unpaired) electrons. The van der Waals surface area contributed by atoms with Crippen LogP contribution in [0.25, 0.3) is 10.9 Å². The average Bonchev–Trinajstić information content (AvgIpc) is 2.36. The van der Waals surface area contributed by atoms with E-state index in [1.165, 1.54) is 0 Å². The number of aromatic nitrogens is 2. The lowest BCUT2D eigenvalue weighted by Crippen LogP contribution is -2.04. The third-order valence-electron chi connectivity index (χ3n) is 2.29. The fourth-order valence-electron chi connectivity index (χ4n) is 1.50. The van der Waals surface area contributed by atoms with Crippen LogP contribution in [0.4, 0.5) is 0 Å². The highest BCUT2D eigenvalue weighted by atomic mass is 16.5. The molecular weight excluding hydrogens is 206 g/mol. The standard InChI is InChI=1S/C11H13N3O2/c1-15-7-3-4-9-8(5-7)11(16-2)14-10(6-12)13-9/h3-5H,6,12H2,1-2H3. The maximum atomic E-state index is 5.52. The van der Waals surface area contributed by atoms with Crippen LogP contribution in [-0.2, 0) is 6.54 Å². The molecule has 2 aromatic rings. The van der Waals surface area contributed by atoms with E-state index in [-0.39, 0.29) is 0 Å². The van der Waals surface area contributed by atoms with Crippen molar-refractivity contribution in [2.24, 2.45) is 5.73 Å². The van der Waals surface area contributed by atoms with Crippen molar-refractivity contribution in [3.63, 3.8) is 0 Å². The van der Waals surface area contributed by atoms with Gasteiger partial charge in [0.15, 0.2) is 0 Å². The second-order valence-electron chi connectivity index (χ2n) is 3.24. The van der Waals surface area contributed by atoms with Crippen LogP contribution < -0.4 is 15.2 Å². The Morgan fingerprint density at radius 2 is 2.00 bits per heavy atom. The molecule has 5 heteroatoms. The van der Waals surface area contributed by atoms with Gasteiger partial charge in [0.25, 0.3) is 0 Å². The van der Waals surface area contributed by atoms with Crippen molar-refractivity contribution in [1.29, 1.82) is 0 Å². The normalized spacial score (nSPS) is 10.4. The zero-order valence-electron chi connectivity index (χ0n) is 9.23. The Kier molecular flexibility index (Phi) is 2.87. The summed E-state index contributed by atoms with van der Waals surface area (Å²) in [4.78, 5) is 8.51. The zero-order chi connectivity index (χ0) is 11.5. The highest BCUT2D eigenvalue weighted by Crippen LogP contribution is 2.26. The largest absolute Gasteiger partial charge is 0.497 e. The molecule has 0 bridgehead atoms. The Morgan fingerprint density at radius 3 is 2.62 bits per heavy atom. The minimum Gasteiger partial charge on any atom is -0.497 e. The predicted molar refractivity (Wildman–Crippen MR) is 60.5 cm³/mol. The van der Waals surface area contributed by atoms with Crippen molar-refractivity contribution >= 4 is 10.9 Å². The zero-order valence-corrected chi connectivity index (χ0v) is 9.23. The number of benzene rings is 1. The summed E-state index contributed by atoms with van der Waals surface area (Å²) in [7, 11) is 3.18. The molecule has 0 aliphatic carbocycles. The van der Waals surface area contributed by atoms with Crippen molar-refractivity contribution in [3.05, 3.63) is 24.0 Å². The molecule has 0 amide bonds. The van der Waals surface area contributed by atoms with Gasteiger partial charge < -0.3 is 15.2 Å². The lowest BCUT2D eigenvalue weighted by molar-refractivity contribution is 0.399. The summed E-state index contributed by atoms with van der Waals surface area (Å²) >= 11 is 0. The number of nitrogens with two attached hydrogens (primary N) is 1. The second kappa shape index (κ2) is 4.32. The summed E-state index contributed by atoms with van der Waals surface area (Å²) in [5.41, 5.74) is 6.31. The van der Waals surface area contributed by atoms with Gasteiger partial charge in [-0.05, 0) is 18.2 Å². The van der Waals surface area contributed by atoms with Gasteiger partial charge in [-0.15, -0.1) is 0 Å². The van der Waals surface area contributed by atoms with Crippen molar-refractivity contribution in [2.75, 3.05) is 14.2 Å². The SMILES string of the molecule is COc1ccc2nc(CN)nc(OC)c2c1. The summed E-state index contributed by atoms with van der Waals surface area (Å²) in [6.07, 6.45) is 0. The summed E-state index contributed by atoms with van der Waals surface area (Å²) in [6, 6.07) is 5.54. The van der Waals surface area contributed by atoms with Crippen LogP contribution >= 0.6 is 0 Å². The number of nitrogens with zero attached hydrogens (tertiary/aromatic N) is 2. The molecule has 0 saturated heterocycles. The van der Waals surface area contributed by atoms with Gasteiger partial charge in [0.1, 0.15) is 11.6 Å². The maximum absolute atomic E-state index is 5.52. The number of hydrogen-bond donors (Lipinski definition) is 1. The molecule has 0 aliphatic rings. The van der Waals surface area contributed by atoms with E-state index >= 15 is 0 Å². The van der Waals surface area contributed by atoms with Gasteiger partial charge in [0.2, 0.25) is 5.88 Å². The highest BCUT2D eigenvalue weighted by Gasteiger charge is 2.08. The fourth-order valence-corrected chi connectivity index (χ4v) is 1.50. The number of methoxy groups -OCH3 is 2. The van der Waals surface area contributed by atoms with Gasteiger partial charge in [0, 0.05) is 0 Å². The predicted octanol–water partition coefficient (Wildman–Crippen LogP) is 1.11. The van der Waals surface area contributed by atoms with E-state index in [0.29, 0.717) is 18.2 Å². The quantitative estimate of drug-likeness (QED) is 0.837. The maximum Gasteiger partial charge on any atom is 0.224 e.